The molecule has 0 bridgehead atoms. The summed E-state index contributed by atoms with van der Waals surface area (Å²) in [4.78, 5) is 13.2. The number of nitrogens with zero attached hydrogens (tertiary/aromatic N) is 2. The quantitative estimate of drug-likeness (QED) is 0.594. The first-order valence-corrected chi connectivity index (χ1v) is 14.6. The minimum Gasteiger partial charge on any atom is -0.495 e. The Kier molecular flexibility index (Phi) is 7.18. The molecule has 2 aromatic rings. The van der Waals surface area contributed by atoms with E-state index in [1.165, 1.54) is 47.8 Å². The number of amides is 1. The fourth-order valence-electron chi connectivity index (χ4n) is 4.09. The minimum absolute atomic E-state index is 0.0258. The van der Waals surface area contributed by atoms with Gasteiger partial charge in [0.25, 0.3) is 5.91 Å². The van der Waals surface area contributed by atoms with Crippen LogP contribution in [-0.4, -0.2) is 66.2 Å². The highest BCUT2D eigenvalue weighted by Gasteiger charge is 2.36. The number of carbonyl (C=O) groups excluding carboxylic acids is 1. The van der Waals surface area contributed by atoms with Crippen molar-refractivity contribution < 1.29 is 31.1 Å². The minimum atomic E-state index is -3.75. The highest BCUT2D eigenvalue weighted by Crippen LogP contribution is 2.37. The molecule has 0 spiro atoms. The van der Waals surface area contributed by atoms with Crippen LogP contribution in [0.3, 0.4) is 0 Å². The van der Waals surface area contributed by atoms with Crippen molar-refractivity contribution in [1.29, 1.82) is 0 Å². The van der Waals surface area contributed by atoms with Gasteiger partial charge in [-0.2, -0.15) is 4.31 Å². The van der Waals surface area contributed by atoms with E-state index in [0.717, 1.165) is 29.8 Å². The second kappa shape index (κ2) is 9.84. The van der Waals surface area contributed by atoms with Gasteiger partial charge in [-0.25, -0.2) is 16.8 Å². The molecule has 0 saturated carbocycles. The molecule has 2 aliphatic heterocycles. The lowest BCUT2D eigenvalue weighted by Crippen LogP contribution is -2.48. The molecule has 1 N–H and O–H groups in total. The molecule has 13 heteroatoms. The van der Waals surface area contributed by atoms with Crippen LogP contribution in [-0.2, 0) is 24.8 Å². The van der Waals surface area contributed by atoms with E-state index in [2.05, 4.69) is 5.32 Å². The standard InChI is InChI=1S/C22H26ClN3O7S2/c1-32-19-9-7-16(35(30,31)25-10-4-3-5-11-25)13-17(19)24-22(27)21-14-26(34(2,28)29)18-12-15(23)6-8-20(18)33-21/h6-9,12-13,21H,3-5,10-11,14H2,1-2H3,(H,24,27). The lowest BCUT2D eigenvalue weighted by atomic mass is 10.2. The Hall–Kier alpha value is -2.54. The van der Waals surface area contributed by atoms with Crippen LogP contribution in [0.4, 0.5) is 11.4 Å². The number of benzene rings is 2. The van der Waals surface area contributed by atoms with Crippen LogP contribution in [0.25, 0.3) is 0 Å². The number of carbonyl (C=O) groups is 1. The molecular weight excluding hydrogens is 518 g/mol. The predicted octanol–water partition coefficient (Wildman–Crippen LogP) is 2.69. The Bertz CT molecular complexity index is 1340. The molecule has 190 valence electrons. The van der Waals surface area contributed by atoms with Crippen molar-refractivity contribution in [3.05, 3.63) is 41.4 Å². The van der Waals surface area contributed by atoms with Crippen LogP contribution >= 0.6 is 11.6 Å². The molecule has 4 rings (SSSR count). The van der Waals surface area contributed by atoms with E-state index in [1.807, 2.05) is 0 Å². The van der Waals surface area contributed by atoms with Crippen LogP contribution in [0.2, 0.25) is 5.02 Å². The molecule has 1 saturated heterocycles. The molecule has 2 heterocycles. The summed E-state index contributed by atoms with van der Waals surface area (Å²) in [6.45, 7) is 0.597. The number of sulfonamides is 2. The summed E-state index contributed by atoms with van der Waals surface area (Å²) in [7, 11) is -6.09. The summed E-state index contributed by atoms with van der Waals surface area (Å²) in [5.74, 6) is -0.233. The molecule has 0 radical (unpaired) electrons. The molecule has 1 fully saturated rings. The van der Waals surface area contributed by atoms with Crippen molar-refractivity contribution in [1.82, 2.24) is 4.31 Å². The molecule has 2 aliphatic rings. The number of piperidine rings is 1. The number of fused-ring (bicyclic) bond motifs is 1. The van der Waals surface area contributed by atoms with Crippen LogP contribution in [0, 0.1) is 0 Å². The maximum atomic E-state index is 13.1. The van der Waals surface area contributed by atoms with Crippen molar-refractivity contribution in [3.63, 3.8) is 0 Å². The largest absolute Gasteiger partial charge is 0.495 e. The third-order valence-corrected chi connectivity index (χ3v) is 9.14. The number of rotatable bonds is 6. The van der Waals surface area contributed by atoms with E-state index in [-0.39, 0.29) is 34.3 Å². The summed E-state index contributed by atoms with van der Waals surface area (Å²) in [6.07, 6.45) is 2.39. The lowest BCUT2D eigenvalue weighted by Gasteiger charge is -2.34. The van der Waals surface area contributed by atoms with Crippen LogP contribution in [0.5, 0.6) is 11.5 Å². The van der Waals surface area contributed by atoms with Gasteiger partial charge in [-0.15, -0.1) is 0 Å². The smallest absolute Gasteiger partial charge is 0.267 e. The summed E-state index contributed by atoms with van der Waals surface area (Å²) < 4.78 is 64.6. The van der Waals surface area contributed by atoms with Crippen molar-refractivity contribution in [3.8, 4) is 11.5 Å². The number of ether oxygens (including phenoxy) is 2. The zero-order valence-electron chi connectivity index (χ0n) is 19.2. The van der Waals surface area contributed by atoms with E-state index >= 15 is 0 Å². The third-order valence-electron chi connectivity index (χ3n) is 5.86. The van der Waals surface area contributed by atoms with E-state index < -0.39 is 32.1 Å². The van der Waals surface area contributed by atoms with Gasteiger partial charge < -0.3 is 14.8 Å². The van der Waals surface area contributed by atoms with Crippen LogP contribution in [0.1, 0.15) is 19.3 Å². The molecule has 1 amide bonds. The number of methoxy groups -OCH3 is 1. The Morgan fingerprint density at radius 1 is 1.09 bits per heavy atom. The van der Waals surface area contributed by atoms with E-state index in [1.54, 1.807) is 0 Å². The fraction of sp³-hybridized carbons (Fsp3) is 0.409. The maximum absolute atomic E-state index is 13.1. The van der Waals surface area contributed by atoms with Crippen molar-refractivity contribution in [2.24, 2.45) is 0 Å². The monoisotopic (exact) mass is 543 g/mol. The second-order valence-corrected chi connectivity index (χ2v) is 12.6. The number of halogens is 1. The molecule has 2 aromatic carbocycles. The Morgan fingerprint density at radius 3 is 2.46 bits per heavy atom. The number of hydrogen-bond acceptors (Lipinski definition) is 7. The molecule has 1 atom stereocenters. The van der Waals surface area contributed by atoms with Gasteiger partial charge >= 0.3 is 0 Å². The molecule has 10 nitrogen and oxygen atoms in total. The first kappa shape index (κ1) is 25.5. The second-order valence-electron chi connectivity index (χ2n) is 8.33. The van der Waals surface area contributed by atoms with E-state index in [0.29, 0.717) is 18.1 Å². The highest BCUT2D eigenvalue weighted by atomic mass is 35.5. The highest BCUT2D eigenvalue weighted by molar-refractivity contribution is 7.92. The predicted molar refractivity (Wildman–Crippen MR) is 132 cm³/mol. The number of anilines is 2. The van der Waals surface area contributed by atoms with E-state index in [4.69, 9.17) is 21.1 Å². The lowest BCUT2D eigenvalue weighted by molar-refractivity contribution is -0.122. The number of nitrogens with one attached hydrogen (secondary N) is 1. The van der Waals surface area contributed by atoms with Crippen molar-refractivity contribution in [2.45, 2.75) is 30.3 Å². The maximum Gasteiger partial charge on any atom is 0.267 e. The molecule has 35 heavy (non-hydrogen) atoms. The van der Waals surface area contributed by atoms with Gasteiger partial charge in [0.15, 0.2) is 6.10 Å². The van der Waals surface area contributed by atoms with Crippen molar-refractivity contribution >= 4 is 48.9 Å². The van der Waals surface area contributed by atoms with Gasteiger partial charge in [0, 0.05) is 18.1 Å². The van der Waals surface area contributed by atoms with Gasteiger partial charge in [-0.05, 0) is 49.2 Å². The van der Waals surface area contributed by atoms with Gasteiger partial charge in [0.1, 0.15) is 11.5 Å². The summed E-state index contributed by atoms with van der Waals surface area (Å²) in [5.41, 5.74) is 0.364. The first-order valence-electron chi connectivity index (χ1n) is 10.9. The average Bonchev–Trinajstić information content (AvgIpc) is 2.83. The van der Waals surface area contributed by atoms with Gasteiger partial charge in [0.2, 0.25) is 20.0 Å². The number of hydrogen-bond donors (Lipinski definition) is 1. The zero-order chi connectivity index (χ0) is 25.4. The summed E-state index contributed by atoms with van der Waals surface area (Å²) in [6, 6.07) is 8.70. The van der Waals surface area contributed by atoms with Gasteiger partial charge in [-0.3, -0.25) is 9.10 Å². The normalized spacial score (nSPS) is 18.9. The first-order chi connectivity index (χ1) is 16.5. The molecular formula is C22H26ClN3O7S2. The summed E-state index contributed by atoms with van der Waals surface area (Å²) >= 11 is 6.02. The SMILES string of the molecule is COc1ccc(S(=O)(=O)N2CCCCC2)cc1NC(=O)C1CN(S(C)(=O)=O)c2cc(Cl)ccc2O1. The third kappa shape index (κ3) is 5.35. The van der Waals surface area contributed by atoms with E-state index in [9.17, 15) is 21.6 Å². The Labute approximate surface area is 209 Å². The van der Waals surface area contributed by atoms with Crippen LogP contribution < -0.4 is 19.1 Å². The average molecular weight is 544 g/mol. The fourth-order valence-corrected chi connectivity index (χ4v) is 6.70. The molecule has 0 aromatic heterocycles. The summed E-state index contributed by atoms with van der Waals surface area (Å²) in [5, 5.41) is 2.96. The Morgan fingerprint density at radius 2 is 1.80 bits per heavy atom. The van der Waals surface area contributed by atoms with Gasteiger partial charge in [0.05, 0.1) is 36.2 Å². The Balaban J connectivity index is 1.62. The molecule has 1 unspecified atom stereocenters. The van der Waals surface area contributed by atoms with Crippen LogP contribution in [0.15, 0.2) is 41.3 Å². The molecule has 0 aliphatic carbocycles. The topological polar surface area (TPSA) is 122 Å². The van der Waals surface area contributed by atoms with Gasteiger partial charge in [-0.1, -0.05) is 18.0 Å². The zero-order valence-corrected chi connectivity index (χ0v) is 21.6. The van der Waals surface area contributed by atoms with Crippen molar-refractivity contribution in [2.75, 3.05) is 42.6 Å².